The minimum absolute atomic E-state index is 0.0499. The fourth-order valence-electron chi connectivity index (χ4n) is 1.67. The van der Waals surface area contributed by atoms with E-state index in [0.717, 1.165) is 17.5 Å². The number of rotatable bonds is 8. The molecular formula is C14H17N3O4S. The topological polar surface area (TPSA) is 86.5 Å². The molecule has 1 aromatic carbocycles. The Bertz CT molecular complexity index is 628. The number of aromatic nitrogens is 3. The Morgan fingerprint density at radius 3 is 2.45 bits per heavy atom. The van der Waals surface area contributed by atoms with Gasteiger partial charge in [-0.05, 0) is 31.2 Å². The first-order chi connectivity index (χ1) is 10.6. The van der Waals surface area contributed by atoms with Crippen molar-refractivity contribution in [2.24, 2.45) is 7.05 Å². The van der Waals surface area contributed by atoms with Crippen LogP contribution in [-0.2, 0) is 18.4 Å². The van der Waals surface area contributed by atoms with Gasteiger partial charge in [-0.25, -0.2) is 0 Å². The number of aliphatic carboxylic acids is 1. The van der Waals surface area contributed by atoms with Crippen LogP contribution < -0.4 is 9.47 Å². The van der Waals surface area contributed by atoms with Gasteiger partial charge < -0.3 is 19.1 Å². The van der Waals surface area contributed by atoms with E-state index in [1.54, 1.807) is 11.6 Å². The number of carbonyl (C=O) groups is 1. The minimum atomic E-state index is -0.889. The van der Waals surface area contributed by atoms with E-state index in [0.29, 0.717) is 23.3 Å². The first kappa shape index (κ1) is 16.2. The molecular weight excluding hydrogens is 306 g/mol. The van der Waals surface area contributed by atoms with Crippen molar-refractivity contribution in [3.8, 4) is 11.5 Å². The van der Waals surface area contributed by atoms with E-state index in [1.165, 1.54) is 0 Å². The fraction of sp³-hybridized carbons (Fsp3) is 0.357. The molecule has 0 amide bonds. The van der Waals surface area contributed by atoms with Gasteiger partial charge in [0.25, 0.3) is 0 Å². The summed E-state index contributed by atoms with van der Waals surface area (Å²) in [4.78, 5) is 10.6. The van der Waals surface area contributed by atoms with Crippen LogP contribution >= 0.6 is 11.8 Å². The maximum atomic E-state index is 10.6. The molecule has 0 aliphatic rings. The average molecular weight is 323 g/mol. The maximum absolute atomic E-state index is 10.6. The number of carboxylic acids is 1. The summed E-state index contributed by atoms with van der Waals surface area (Å²) in [5.74, 6) is 1.18. The summed E-state index contributed by atoms with van der Waals surface area (Å²) in [5, 5.41) is 17.2. The van der Waals surface area contributed by atoms with Crippen molar-refractivity contribution in [3.05, 3.63) is 30.1 Å². The minimum Gasteiger partial charge on any atom is -0.494 e. The van der Waals surface area contributed by atoms with Gasteiger partial charge in [-0.15, -0.1) is 10.2 Å². The Hall–Kier alpha value is -2.22. The Labute approximate surface area is 132 Å². The standard InChI is InChI=1S/C14H17N3O4S/c1-3-20-10-4-6-11(7-5-10)21-8-12-15-16-14(17(12)2)22-9-13(18)19/h4-7H,3,8-9H2,1-2H3,(H,18,19). The first-order valence-corrected chi connectivity index (χ1v) is 7.67. The van der Waals surface area contributed by atoms with Gasteiger partial charge in [0.05, 0.1) is 12.4 Å². The van der Waals surface area contributed by atoms with Gasteiger partial charge in [0, 0.05) is 7.05 Å². The molecule has 0 saturated heterocycles. The Morgan fingerprint density at radius 1 is 1.23 bits per heavy atom. The SMILES string of the molecule is CCOc1ccc(OCc2nnc(SCC(=O)O)n2C)cc1. The van der Waals surface area contributed by atoms with Crippen LogP contribution in [0.3, 0.4) is 0 Å². The second-order valence-electron chi connectivity index (χ2n) is 4.33. The van der Waals surface area contributed by atoms with Crippen LogP contribution in [-0.4, -0.2) is 38.2 Å². The van der Waals surface area contributed by atoms with E-state index in [9.17, 15) is 4.79 Å². The Kier molecular flexibility index (Phi) is 5.65. The molecule has 0 radical (unpaired) electrons. The van der Waals surface area contributed by atoms with Crippen LogP contribution in [0.4, 0.5) is 0 Å². The highest BCUT2D eigenvalue weighted by Crippen LogP contribution is 2.19. The molecule has 2 aromatic rings. The molecule has 0 aliphatic carbocycles. The van der Waals surface area contributed by atoms with E-state index >= 15 is 0 Å². The van der Waals surface area contributed by atoms with Gasteiger partial charge in [-0.2, -0.15) is 0 Å². The number of ether oxygens (including phenoxy) is 2. The van der Waals surface area contributed by atoms with Crippen molar-refractivity contribution in [2.45, 2.75) is 18.7 Å². The molecule has 1 aromatic heterocycles. The van der Waals surface area contributed by atoms with Crippen LogP contribution in [0.25, 0.3) is 0 Å². The highest BCUT2D eigenvalue weighted by atomic mass is 32.2. The summed E-state index contributed by atoms with van der Waals surface area (Å²) < 4.78 is 12.7. The van der Waals surface area contributed by atoms with Crippen molar-refractivity contribution in [1.82, 2.24) is 14.8 Å². The van der Waals surface area contributed by atoms with Gasteiger partial charge >= 0.3 is 5.97 Å². The fourth-order valence-corrected chi connectivity index (χ4v) is 2.32. The van der Waals surface area contributed by atoms with Gasteiger partial charge in [-0.1, -0.05) is 11.8 Å². The lowest BCUT2D eigenvalue weighted by atomic mass is 10.3. The highest BCUT2D eigenvalue weighted by molar-refractivity contribution is 7.99. The molecule has 0 unspecified atom stereocenters. The monoisotopic (exact) mass is 323 g/mol. The van der Waals surface area contributed by atoms with Crippen LogP contribution in [0.2, 0.25) is 0 Å². The zero-order valence-electron chi connectivity index (χ0n) is 12.4. The molecule has 0 fully saturated rings. The van der Waals surface area contributed by atoms with E-state index in [1.807, 2.05) is 31.2 Å². The molecule has 0 bridgehead atoms. The van der Waals surface area contributed by atoms with Crippen molar-refractivity contribution < 1.29 is 19.4 Å². The first-order valence-electron chi connectivity index (χ1n) is 6.68. The van der Waals surface area contributed by atoms with Crippen LogP contribution in [0, 0.1) is 0 Å². The molecule has 22 heavy (non-hydrogen) atoms. The van der Waals surface area contributed by atoms with Gasteiger partial charge in [0.15, 0.2) is 11.0 Å². The van der Waals surface area contributed by atoms with Crippen molar-refractivity contribution in [3.63, 3.8) is 0 Å². The summed E-state index contributed by atoms with van der Waals surface area (Å²) in [6.07, 6.45) is 0. The molecule has 0 saturated carbocycles. The quantitative estimate of drug-likeness (QED) is 0.743. The third-order valence-corrected chi connectivity index (χ3v) is 3.76. The third kappa shape index (κ3) is 4.39. The van der Waals surface area contributed by atoms with Gasteiger partial charge in [0.1, 0.15) is 18.1 Å². The average Bonchev–Trinajstić information content (AvgIpc) is 2.85. The molecule has 1 heterocycles. The zero-order valence-corrected chi connectivity index (χ0v) is 13.2. The van der Waals surface area contributed by atoms with Crippen molar-refractivity contribution in [1.29, 1.82) is 0 Å². The molecule has 118 valence electrons. The lowest BCUT2D eigenvalue weighted by Crippen LogP contribution is -2.05. The summed E-state index contributed by atoms with van der Waals surface area (Å²) in [5.41, 5.74) is 0. The Balaban J connectivity index is 1.92. The lowest BCUT2D eigenvalue weighted by molar-refractivity contribution is -0.133. The second-order valence-corrected chi connectivity index (χ2v) is 5.28. The molecule has 8 heteroatoms. The number of nitrogens with zero attached hydrogens (tertiary/aromatic N) is 3. The summed E-state index contributed by atoms with van der Waals surface area (Å²) in [6.45, 7) is 2.81. The molecule has 0 atom stereocenters. The smallest absolute Gasteiger partial charge is 0.313 e. The normalized spacial score (nSPS) is 10.5. The number of benzene rings is 1. The molecule has 1 N–H and O–H groups in total. The maximum Gasteiger partial charge on any atom is 0.313 e. The van der Waals surface area contributed by atoms with Crippen LogP contribution in [0.5, 0.6) is 11.5 Å². The molecule has 0 spiro atoms. The van der Waals surface area contributed by atoms with Crippen molar-refractivity contribution >= 4 is 17.7 Å². The number of hydrogen-bond donors (Lipinski definition) is 1. The molecule has 2 rings (SSSR count). The predicted octanol–water partition coefficient (Wildman–Crippen LogP) is 1.97. The highest BCUT2D eigenvalue weighted by Gasteiger charge is 2.11. The van der Waals surface area contributed by atoms with Gasteiger partial charge in [-0.3, -0.25) is 4.79 Å². The van der Waals surface area contributed by atoms with E-state index in [2.05, 4.69) is 10.2 Å². The zero-order chi connectivity index (χ0) is 15.9. The third-order valence-electron chi connectivity index (χ3n) is 2.75. The second kappa shape index (κ2) is 7.69. The summed E-state index contributed by atoms with van der Waals surface area (Å²) in [6, 6.07) is 7.32. The van der Waals surface area contributed by atoms with Gasteiger partial charge in [0.2, 0.25) is 0 Å². The molecule has 0 aliphatic heterocycles. The van der Waals surface area contributed by atoms with E-state index in [4.69, 9.17) is 14.6 Å². The number of hydrogen-bond acceptors (Lipinski definition) is 6. The lowest BCUT2D eigenvalue weighted by Gasteiger charge is -2.07. The summed E-state index contributed by atoms with van der Waals surface area (Å²) in [7, 11) is 1.78. The van der Waals surface area contributed by atoms with E-state index in [-0.39, 0.29) is 12.4 Å². The number of carboxylic acid groups (broad SMARTS) is 1. The Morgan fingerprint density at radius 2 is 1.86 bits per heavy atom. The predicted molar refractivity (Wildman–Crippen MR) is 81.3 cm³/mol. The molecule has 7 nitrogen and oxygen atoms in total. The van der Waals surface area contributed by atoms with Crippen molar-refractivity contribution in [2.75, 3.05) is 12.4 Å². The summed E-state index contributed by atoms with van der Waals surface area (Å²) >= 11 is 1.12. The van der Waals surface area contributed by atoms with Crippen LogP contribution in [0.1, 0.15) is 12.7 Å². The van der Waals surface area contributed by atoms with Crippen LogP contribution in [0.15, 0.2) is 29.4 Å². The van der Waals surface area contributed by atoms with E-state index < -0.39 is 5.97 Å². The largest absolute Gasteiger partial charge is 0.494 e. The number of thioether (sulfide) groups is 1.